The Balaban J connectivity index is 0.955. The second kappa shape index (κ2) is 14.6. The second-order valence-electron chi connectivity index (χ2n) is 14.3. The third-order valence-electron chi connectivity index (χ3n) is 7.75. The van der Waals surface area contributed by atoms with Crippen molar-refractivity contribution in [3.05, 3.63) is 119 Å². The number of benzene rings is 4. The van der Waals surface area contributed by atoms with Gasteiger partial charge in [-0.05, 0) is 112 Å². The zero-order chi connectivity index (χ0) is 34.4. The Morgan fingerprint density at radius 1 is 0.510 bits per heavy atom. The molecule has 0 saturated carbocycles. The normalized spacial score (nSPS) is 17.4. The molecule has 0 fully saturated rings. The van der Waals surface area contributed by atoms with Crippen molar-refractivity contribution in [2.75, 3.05) is 13.2 Å². The third kappa shape index (κ3) is 10.0. The standard InChI is InChI=1S/C41H46N2O6/c1-40(2,3)48-34-15-7-28(8-16-34)24-44-32-19-11-30(12-20-32)36-26-46-38(42-36)23-39-43-37(27-47-39)31-13-21-33(22-14-31)45-25-29-9-17-35(18-10-29)49-41(4,5)6/h7-22,36-37H,23-27H2,1-6H3/t36-,37-/m0/s1. The molecule has 0 spiro atoms. The molecule has 0 N–H and O–H groups in total. The summed E-state index contributed by atoms with van der Waals surface area (Å²) in [6.45, 7) is 14.2. The van der Waals surface area contributed by atoms with E-state index in [1.54, 1.807) is 0 Å². The van der Waals surface area contributed by atoms with Gasteiger partial charge in [0.05, 0.1) is 6.42 Å². The zero-order valence-electron chi connectivity index (χ0n) is 29.3. The molecule has 6 rings (SSSR count). The first kappa shape index (κ1) is 33.9. The van der Waals surface area contributed by atoms with Crippen LogP contribution in [0.1, 0.15) is 82.3 Å². The number of hydrogen-bond acceptors (Lipinski definition) is 8. The molecule has 8 heteroatoms. The van der Waals surface area contributed by atoms with Gasteiger partial charge in [-0.1, -0.05) is 48.5 Å². The molecule has 4 aromatic carbocycles. The number of hydrogen-bond donors (Lipinski definition) is 0. The first-order valence-corrected chi connectivity index (χ1v) is 16.8. The van der Waals surface area contributed by atoms with Crippen LogP contribution in [0.3, 0.4) is 0 Å². The van der Waals surface area contributed by atoms with Crippen molar-refractivity contribution in [1.29, 1.82) is 0 Å². The summed E-state index contributed by atoms with van der Waals surface area (Å²) >= 11 is 0. The molecule has 0 aromatic heterocycles. The van der Waals surface area contributed by atoms with Gasteiger partial charge in [-0.25, -0.2) is 9.98 Å². The molecular formula is C41H46N2O6. The molecule has 0 bridgehead atoms. The topological polar surface area (TPSA) is 80.1 Å². The number of nitrogens with zero attached hydrogens (tertiary/aromatic N) is 2. The second-order valence-corrected chi connectivity index (χ2v) is 14.3. The van der Waals surface area contributed by atoms with E-state index in [2.05, 4.69) is 0 Å². The Morgan fingerprint density at radius 3 is 1.20 bits per heavy atom. The maximum atomic E-state index is 6.01. The van der Waals surface area contributed by atoms with Crippen molar-refractivity contribution in [3.8, 4) is 23.0 Å². The van der Waals surface area contributed by atoms with Crippen LogP contribution in [0.15, 0.2) is 107 Å². The molecule has 2 aliphatic heterocycles. The van der Waals surface area contributed by atoms with Crippen LogP contribution < -0.4 is 18.9 Å². The fraction of sp³-hybridized carbons (Fsp3) is 0.366. The summed E-state index contributed by atoms with van der Waals surface area (Å²) in [5.74, 6) is 4.60. The van der Waals surface area contributed by atoms with E-state index in [9.17, 15) is 0 Å². The summed E-state index contributed by atoms with van der Waals surface area (Å²) in [7, 11) is 0. The Morgan fingerprint density at radius 2 is 0.857 bits per heavy atom. The minimum Gasteiger partial charge on any atom is -0.489 e. The molecule has 49 heavy (non-hydrogen) atoms. The van der Waals surface area contributed by atoms with Crippen LogP contribution in [0, 0.1) is 0 Å². The van der Waals surface area contributed by atoms with Gasteiger partial charge in [0.15, 0.2) is 11.8 Å². The Hall–Kier alpha value is -4.98. The summed E-state index contributed by atoms with van der Waals surface area (Å²) in [5, 5.41) is 0. The van der Waals surface area contributed by atoms with Crippen LogP contribution in [0.5, 0.6) is 23.0 Å². The lowest BCUT2D eigenvalue weighted by atomic mass is 10.1. The lowest BCUT2D eigenvalue weighted by Gasteiger charge is -2.21. The predicted molar refractivity (Wildman–Crippen MR) is 192 cm³/mol. The Labute approximate surface area is 289 Å². The minimum absolute atomic E-state index is 0.0699. The molecule has 2 aliphatic rings. The van der Waals surface area contributed by atoms with Gasteiger partial charge in [0.1, 0.15) is 72.7 Å². The van der Waals surface area contributed by atoms with Crippen LogP contribution in [0.2, 0.25) is 0 Å². The molecule has 256 valence electrons. The largest absolute Gasteiger partial charge is 0.489 e. The highest BCUT2D eigenvalue weighted by Crippen LogP contribution is 2.30. The lowest BCUT2D eigenvalue weighted by molar-refractivity contribution is 0.130. The summed E-state index contributed by atoms with van der Waals surface area (Å²) in [6.07, 6.45) is 0.439. The quantitative estimate of drug-likeness (QED) is 0.151. The Kier molecular flexibility index (Phi) is 10.1. The van der Waals surface area contributed by atoms with Crippen LogP contribution in [0.4, 0.5) is 0 Å². The van der Waals surface area contributed by atoms with Gasteiger partial charge < -0.3 is 28.4 Å². The molecule has 2 heterocycles. The van der Waals surface area contributed by atoms with Crippen molar-refractivity contribution in [1.82, 2.24) is 0 Å². The van der Waals surface area contributed by atoms with E-state index < -0.39 is 0 Å². The van der Waals surface area contributed by atoms with E-state index in [-0.39, 0.29) is 23.3 Å². The fourth-order valence-electron chi connectivity index (χ4n) is 5.43. The highest BCUT2D eigenvalue weighted by molar-refractivity contribution is 5.98. The van der Waals surface area contributed by atoms with Gasteiger partial charge in [0, 0.05) is 0 Å². The van der Waals surface area contributed by atoms with E-state index in [0.29, 0.717) is 44.6 Å². The van der Waals surface area contributed by atoms with Crippen molar-refractivity contribution in [2.45, 2.75) is 84.5 Å². The van der Waals surface area contributed by atoms with Gasteiger partial charge in [-0.15, -0.1) is 0 Å². The molecule has 0 radical (unpaired) electrons. The van der Waals surface area contributed by atoms with E-state index in [0.717, 1.165) is 45.3 Å². The highest BCUT2D eigenvalue weighted by atomic mass is 16.5. The van der Waals surface area contributed by atoms with Crippen molar-refractivity contribution in [3.63, 3.8) is 0 Å². The maximum absolute atomic E-state index is 6.01. The molecule has 0 saturated heterocycles. The number of ether oxygens (including phenoxy) is 6. The van der Waals surface area contributed by atoms with Gasteiger partial charge in [0.25, 0.3) is 0 Å². The summed E-state index contributed by atoms with van der Waals surface area (Å²) in [6, 6.07) is 32.0. The summed E-state index contributed by atoms with van der Waals surface area (Å²) in [4.78, 5) is 9.62. The minimum atomic E-state index is -0.223. The van der Waals surface area contributed by atoms with Gasteiger partial charge in [0.2, 0.25) is 0 Å². The smallest absolute Gasteiger partial charge is 0.193 e. The van der Waals surface area contributed by atoms with Crippen LogP contribution in [0.25, 0.3) is 0 Å². The summed E-state index contributed by atoms with van der Waals surface area (Å²) in [5.41, 5.74) is 3.86. The lowest BCUT2D eigenvalue weighted by Crippen LogP contribution is -2.22. The van der Waals surface area contributed by atoms with Crippen molar-refractivity contribution < 1.29 is 28.4 Å². The van der Waals surface area contributed by atoms with Crippen LogP contribution in [-0.4, -0.2) is 36.2 Å². The van der Waals surface area contributed by atoms with E-state index in [4.69, 9.17) is 38.4 Å². The molecule has 8 nitrogen and oxygen atoms in total. The first-order valence-electron chi connectivity index (χ1n) is 16.8. The van der Waals surface area contributed by atoms with Crippen LogP contribution >= 0.6 is 0 Å². The molecule has 2 atom stereocenters. The average molecular weight is 663 g/mol. The first-order chi connectivity index (χ1) is 23.4. The maximum Gasteiger partial charge on any atom is 0.193 e. The van der Waals surface area contributed by atoms with E-state index >= 15 is 0 Å². The molecule has 4 aromatic rings. The SMILES string of the molecule is CC(C)(C)Oc1ccc(COc2ccc([C@@H]3COC(CC4=N[C@H](c5ccc(OCc6ccc(OC(C)(C)C)cc6)cc5)CO4)=N3)cc2)cc1. The highest BCUT2D eigenvalue weighted by Gasteiger charge is 2.26. The van der Waals surface area contributed by atoms with Gasteiger partial charge in [-0.2, -0.15) is 0 Å². The monoisotopic (exact) mass is 662 g/mol. The average Bonchev–Trinajstić information content (AvgIpc) is 3.74. The molecule has 0 aliphatic carbocycles. The van der Waals surface area contributed by atoms with Crippen LogP contribution in [-0.2, 0) is 22.7 Å². The molecule has 0 amide bonds. The number of rotatable bonds is 12. The van der Waals surface area contributed by atoms with Crippen molar-refractivity contribution >= 4 is 11.8 Å². The summed E-state index contributed by atoms with van der Waals surface area (Å²) < 4.78 is 35.7. The van der Waals surface area contributed by atoms with E-state index in [1.165, 1.54) is 0 Å². The number of aliphatic imine (C=N–C) groups is 2. The van der Waals surface area contributed by atoms with Gasteiger partial charge >= 0.3 is 0 Å². The Bertz CT molecular complexity index is 1600. The zero-order valence-corrected chi connectivity index (χ0v) is 29.3. The van der Waals surface area contributed by atoms with Crippen molar-refractivity contribution in [2.24, 2.45) is 9.98 Å². The van der Waals surface area contributed by atoms with Gasteiger partial charge in [-0.3, -0.25) is 0 Å². The molecular weight excluding hydrogens is 616 g/mol. The molecule has 0 unspecified atom stereocenters. The fourth-order valence-corrected chi connectivity index (χ4v) is 5.43. The third-order valence-corrected chi connectivity index (χ3v) is 7.75. The predicted octanol–water partition coefficient (Wildman–Crippen LogP) is 9.23. The van der Waals surface area contributed by atoms with E-state index in [1.807, 2.05) is 139 Å².